The van der Waals surface area contributed by atoms with Crippen molar-refractivity contribution in [3.8, 4) is 0 Å². The van der Waals surface area contributed by atoms with E-state index in [1.54, 1.807) is 14.2 Å². The summed E-state index contributed by atoms with van der Waals surface area (Å²) >= 11 is -0.106. The number of rotatable bonds is 10. The average molecular weight is 506 g/mol. The van der Waals surface area contributed by atoms with Gasteiger partial charge in [0.2, 0.25) is 0 Å². The first-order valence-corrected chi connectivity index (χ1v) is 15.6. The third kappa shape index (κ3) is 5.01. The minimum absolute atomic E-state index is 0.0954. The van der Waals surface area contributed by atoms with Crippen LogP contribution in [0.4, 0.5) is 0 Å². The molecule has 0 unspecified atom stereocenters. The molecule has 0 heterocycles. The van der Waals surface area contributed by atoms with E-state index in [2.05, 4.69) is 91.0 Å². The second-order valence-corrected chi connectivity index (χ2v) is 16.9. The molecule has 0 bridgehead atoms. The first-order valence-electron chi connectivity index (χ1n) is 9.54. The van der Waals surface area contributed by atoms with Crippen molar-refractivity contribution in [3.63, 3.8) is 0 Å². The molecule has 0 spiro atoms. The molecule has 0 aliphatic heterocycles. The van der Waals surface area contributed by atoms with Gasteiger partial charge >= 0.3 is 180 Å². The molecule has 0 radical (unpaired) electrons. The molecule has 0 aliphatic carbocycles. The average Bonchev–Trinajstić information content (AvgIpc) is 2.78. The van der Waals surface area contributed by atoms with Crippen LogP contribution in [-0.4, -0.2) is 24.9 Å². The predicted octanol–water partition coefficient (Wildman–Crippen LogP) is 1.38. The second kappa shape index (κ2) is 11.1. The maximum absolute atomic E-state index is 5.38. The molecular formula is C24H28IO2P. The molecule has 4 heteroatoms. The van der Waals surface area contributed by atoms with E-state index in [1.807, 2.05) is 0 Å². The SMILES string of the molecule is COC(CCC[I-][P+](c1ccccc1)(c1ccccc1)c1ccccc1)OC. The Labute approximate surface area is 179 Å². The van der Waals surface area contributed by atoms with Crippen LogP contribution < -0.4 is 36.6 Å². The van der Waals surface area contributed by atoms with Gasteiger partial charge in [0.25, 0.3) is 0 Å². The summed E-state index contributed by atoms with van der Waals surface area (Å²) in [5, 5.41) is 4.49. The Morgan fingerprint density at radius 1 is 0.679 bits per heavy atom. The molecule has 2 nitrogen and oxygen atoms in total. The number of ether oxygens (including phenoxy) is 2. The normalized spacial score (nSPS) is 11.8. The Morgan fingerprint density at radius 2 is 1.07 bits per heavy atom. The summed E-state index contributed by atoms with van der Waals surface area (Å²) < 4.78 is 12.0. The Kier molecular flexibility index (Phi) is 8.47. The van der Waals surface area contributed by atoms with E-state index in [0.717, 1.165) is 12.8 Å². The summed E-state index contributed by atoms with van der Waals surface area (Å²) in [6, 6.07) is 33.5. The number of alkyl halides is 1. The van der Waals surface area contributed by atoms with Crippen LogP contribution in [0.5, 0.6) is 0 Å². The molecule has 0 atom stereocenters. The number of halogens is 1. The molecule has 0 amide bonds. The Balaban J connectivity index is 1.99. The van der Waals surface area contributed by atoms with E-state index in [-0.39, 0.29) is 26.9 Å². The first kappa shape index (κ1) is 21.4. The van der Waals surface area contributed by atoms with E-state index in [0.29, 0.717) is 0 Å². The van der Waals surface area contributed by atoms with Crippen molar-refractivity contribution in [1.29, 1.82) is 0 Å². The van der Waals surface area contributed by atoms with Gasteiger partial charge in [0, 0.05) is 0 Å². The number of hydrogen-bond acceptors (Lipinski definition) is 2. The van der Waals surface area contributed by atoms with E-state index >= 15 is 0 Å². The van der Waals surface area contributed by atoms with Crippen molar-refractivity contribution in [2.75, 3.05) is 18.6 Å². The Bertz CT molecular complexity index is 711. The number of hydrogen-bond donors (Lipinski definition) is 0. The van der Waals surface area contributed by atoms with Crippen LogP contribution in [0, 0.1) is 0 Å². The van der Waals surface area contributed by atoms with Crippen molar-refractivity contribution in [2.45, 2.75) is 19.1 Å². The summed E-state index contributed by atoms with van der Waals surface area (Å²) in [6.45, 7) is 0. The van der Waals surface area contributed by atoms with E-state index in [9.17, 15) is 0 Å². The summed E-state index contributed by atoms with van der Waals surface area (Å²) in [7, 11) is 3.44. The molecule has 0 saturated carbocycles. The van der Waals surface area contributed by atoms with Gasteiger partial charge in [-0.3, -0.25) is 0 Å². The maximum atomic E-state index is 5.38. The van der Waals surface area contributed by atoms with Crippen LogP contribution in [0.3, 0.4) is 0 Å². The van der Waals surface area contributed by atoms with Gasteiger partial charge in [-0.25, -0.2) is 0 Å². The molecule has 0 N–H and O–H groups in total. The van der Waals surface area contributed by atoms with Gasteiger partial charge in [-0.15, -0.1) is 0 Å². The van der Waals surface area contributed by atoms with Gasteiger partial charge in [-0.05, 0) is 0 Å². The third-order valence-electron chi connectivity index (χ3n) is 4.70. The van der Waals surface area contributed by atoms with E-state index in [4.69, 9.17) is 9.47 Å². The van der Waals surface area contributed by atoms with Gasteiger partial charge in [0.1, 0.15) is 0 Å². The summed E-state index contributed by atoms with van der Waals surface area (Å²) in [4.78, 5) is -1.60. The van der Waals surface area contributed by atoms with Crippen molar-refractivity contribution in [1.82, 2.24) is 0 Å². The van der Waals surface area contributed by atoms with Gasteiger partial charge in [0.05, 0.1) is 0 Å². The second-order valence-electron chi connectivity index (χ2n) is 6.45. The third-order valence-corrected chi connectivity index (χ3v) is 18.5. The molecule has 28 heavy (non-hydrogen) atoms. The van der Waals surface area contributed by atoms with Gasteiger partial charge in [-0.2, -0.15) is 0 Å². The molecule has 3 aromatic carbocycles. The molecule has 3 aromatic rings. The Morgan fingerprint density at radius 3 is 1.43 bits per heavy atom. The monoisotopic (exact) mass is 506 g/mol. The van der Waals surface area contributed by atoms with Crippen molar-refractivity contribution in [3.05, 3.63) is 91.0 Å². The van der Waals surface area contributed by atoms with Crippen molar-refractivity contribution < 1.29 is 30.1 Å². The number of benzene rings is 3. The Hall–Kier alpha value is -1.26. The molecule has 0 aromatic heterocycles. The van der Waals surface area contributed by atoms with E-state index in [1.165, 1.54) is 20.3 Å². The fourth-order valence-electron chi connectivity index (χ4n) is 3.32. The topological polar surface area (TPSA) is 18.5 Å². The fourth-order valence-corrected chi connectivity index (χ4v) is 16.8. The zero-order chi connectivity index (χ0) is 19.7. The summed E-state index contributed by atoms with van der Waals surface area (Å²) in [5.74, 6) is 0. The van der Waals surface area contributed by atoms with E-state index < -0.39 is 4.90 Å². The molecular weight excluding hydrogens is 478 g/mol. The summed E-state index contributed by atoms with van der Waals surface area (Å²) in [5.41, 5.74) is 0. The van der Waals surface area contributed by atoms with Gasteiger partial charge in [0.15, 0.2) is 0 Å². The van der Waals surface area contributed by atoms with Gasteiger partial charge in [-0.1, -0.05) is 0 Å². The molecule has 0 saturated heterocycles. The van der Waals surface area contributed by atoms with Crippen LogP contribution in [0.1, 0.15) is 12.8 Å². The standard InChI is InChI=1S/C24H28IO2P/c1-26-24(27-2)19-12-20-25-28(21-13-6-3-7-14-21,22-15-8-4-9-16-22)23-17-10-5-11-18-23/h3-11,13-18,24H,12,19-20H2,1-2H3. The molecule has 0 aliphatic rings. The number of methoxy groups -OCH3 is 2. The van der Waals surface area contributed by atoms with Crippen LogP contribution in [0.15, 0.2) is 91.0 Å². The van der Waals surface area contributed by atoms with Crippen LogP contribution in [0.25, 0.3) is 0 Å². The van der Waals surface area contributed by atoms with Crippen LogP contribution in [-0.2, 0) is 9.47 Å². The zero-order valence-electron chi connectivity index (χ0n) is 16.5. The first-order chi connectivity index (χ1) is 13.8. The van der Waals surface area contributed by atoms with Crippen LogP contribution >= 0.6 is 4.90 Å². The molecule has 3 rings (SSSR count). The van der Waals surface area contributed by atoms with Crippen LogP contribution in [0.2, 0.25) is 0 Å². The minimum atomic E-state index is -1.60. The quantitative estimate of drug-likeness (QED) is 0.136. The van der Waals surface area contributed by atoms with Gasteiger partial charge < -0.3 is 0 Å². The predicted molar refractivity (Wildman–Crippen MR) is 117 cm³/mol. The zero-order valence-corrected chi connectivity index (χ0v) is 19.6. The molecule has 148 valence electrons. The molecule has 0 fully saturated rings. The van der Waals surface area contributed by atoms with Crippen molar-refractivity contribution in [2.24, 2.45) is 0 Å². The van der Waals surface area contributed by atoms with Crippen molar-refractivity contribution >= 4 is 20.8 Å². The fraction of sp³-hybridized carbons (Fsp3) is 0.250. The summed E-state index contributed by atoms with van der Waals surface area (Å²) in [6.07, 6.45) is 1.99.